The topological polar surface area (TPSA) is 35.5 Å². The van der Waals surface area contributed by atoms with E-state index < -0.39 is 0 Å². The molecule has 0 aromatic rings. The number of ether oxygens (including phenoxy) is 2. The average Bonchev–Trinajstić information content (AvgIpc) is 2.37. The molecule has 1 fully saturated rings. The highest BCUT2D eigenvalue weighted by Gasteiger charge is 2.26. The smallest absolute Gasteiger partial charge is 0.308 e. The summed E-state index contributed by atoms with van der Waals surface area (Å²) in [4.78, 5) is 11.0. The van der Waals surface area contributed by atoms with Crippen molar-refractivity contribution in [3.63, 3.8) is 0 Å². The van der Waals surface area contributed by atoms with Gasteiger partial charge in [0, 0.05) is 6.61 Å². The Kier molecular flexibility index (Phi) is 3.53. The van der Waals surface area contributed by atoms with Gasteiger partial charge in [0.1, 0.15) is 0 Å². The van der Waals surface area contributed by atoms with E-state index in [1.807, 2.05) is 6.92 Å². The van der Waals surface area contributed by atoms with Gasteiger partial charge < -0.3 is 9.47 Å². The molecular weight excluding hydrogens is 156 g/mol. The van der Waals surface area contributed by atoms with E-state index >= 15 is 0 Å². The molecule has 3 nitrogen and oxygen atoms in total. The van der Waals surface area contributed by atoms with Crippen molar-refractivity contribution in [1.29, 1.82) is 0 Å². The number of hydrogen-bond donors (Lipinski definition) is 0. The molecule has 70 valence electrons. The summed E-state index contributed by atoms with van der Waals surface area (Å²) in [6, 6.07) is 0. The first-order chi connectivity index (χ1) is 5.74. The third-order valence-electron chi connectivity index (χ3n) is 2.21. The van der Waals surface area contributed by atoms with Crippen LogP contribution in [0.25, 0.3) is 0 Å². The zero-order valence-electron chi connectivity index (χ0n) is 7.71. The van der Waals surface area contributed by atoms with Crippen LogP contribution in [0.1, 0.15) is 26.7 Å². The maximum atomic E-state index is 11.0. The first-order valence-corrected chi connectivity index (χ1v) is 4.51. The van der Waals surface area contributed by atoms with Gasteiger partial charge in [-0.1, -0.05) is 6.92 Å². The van der Waals surface area contributed by atoms with Crippen molar-refractivity contribution >= 4 is 5.97 Å². The van der Waals surface area contributed by atoms with Gasteiger partial charge in [-0.25, -0.2) is 0 Å². The Morgan fingerprint density at radius 3 is 2.92 bits per heavy atom. The third-order valence-corrected chi connectivity index (χ3v) is 2.21. The van der Waals surface area contributed by atoms with Crippen molar-refractivity contribution in [1.82, 2.24) is 0 Å². The van der Waals surface area contributed by atoms with Crippen LogP contribution in [0.4, 0.5) is 0 Å². The van der Waals surface area contributed by atoms with Gasteiger partial charge in [-0.3, -0.25) is 4.79 Å². The minimum atomic E-state index is -0.142. The van der Waals surface area contributed by atoms with Crippen LogP contribution in [0.5, 0.6) is 0 Å². The number of esters is 1. The minimum Gasteiger partial charge on any atom is -0.466 e. The molecule has 0 aromatic heterocycles. The SMILES string of the molecule is CCOC(=O)C[C@H]1OCC[C@H]1C. The number of carbonyl (C=O) groups excluding carboxylic acids is 1. The fourth-order valence-electron chi connectivity index (χ4n) is 1.40. The molecule has 0 bridgehead atoms. The lowest BCUT2D eigenvalue weighted by Crippen LogP contribution is -2.19. The van der Waals surface area contributed by atoms with E-state index in [-0.39, 0.29) is 12.1 Å². The largest absolute Gasteiger partial charge is 0.466 e. The maximum Gasteiger partial charge on any atom is 0.308 e. The number of carbonyl (C=O) groups is 1. The number of hydrogen-bond acceptors (Lipinski definition) is 3. The molecule has 1 aliphatic rings. The Labute approximate surface area is 73.0 Å². The first kappa shape index (κ1) is 9.52. The summed E-state index contributed by atoms with van der Waals surface area (Å²) < 4.78 is 10.2. The second-order valence-corrected chi connectivity index (χ2v) is 3.18. The maximum absolute atomic E-state index is 11.0. The van der Waals surface area contributed by atoms with E-state index in [1.165, 1.54) is 0 Å². The van der Waals surface area contributed by atoms with Crippen molar-refractivity contribution in [3.05, 3.63) is 0 Å². The lowest BCUT2D eigenvalue weighted by molar-refractivity contribution is -0.146. The van der Waals surface area contributed by atoms with Crippen LogP contribution in [0.2, 0.25) is 0 Å². The zero-order valence-corrected chi connectivity index (χ0v) is 7.71. The molecule has 0 radical (unpaired) electrons. The Hall–Kier alpha value is -0.570. The molecule has 0 spiro atoms. The molecule has 0 aromatic carbocycles. The highest BCUT2D eigenvalue weighted by atomic mass is 16.5. The van der Waals surface area contributed by atoms with Crippen LogP contribution in [0.3, 0.4) is 0 Å². The summed E-state index contributed by atoms with van der Waals surface area (Å²) in [6.45, 7) is 5.17. The first-order valence-electron chi connectivity index (χ1n) is 4.51. The molecule has 1 heterocycles. The standard InChI is InChI=1S/C9H16O3/c1-3-11-9(10)6-8-7(2)4-5-12-8/h7-8H,3-6H2,1-2H3/t7-,8-/m1/s1. The molecule has 0 N–H and O–H groups in total. The molecule has 0 amide bonds. The van der Waals surface area contributed by atoms with E-state index in [0.29, 0.717) is 18.9 Å². The van der Waals surface area contributed by atoms with E-state index in [4.69, 9.17) is 9.47 Å². The van der Waals surface area contributed by atoms with Crippen molar-refractivity contribution in [2.45, 2.75) is 32.8 Å². The fourth-order valence-corrected chi connectivity index (χ4v) is 1.40. The predicted octanol–water partition coefficient (Wildman–Crippen LogP) is 1.36. The summed E-state index contributed by atoms with van der Waals surface area (Å²) in [5.74, 6) is 0.352. The fraction of sp³-hybridized carbons (Fsp3) is 0.889. The van der Waals surface area contributed by atoms with Gasteiger partial charge in [-0.05, 0) is 19.3 Å². The van der Waals surface area contributed by atoms with Crippen LogP contribution in [-0.4, -0.2) is 25.3 Å². The van der Waals surface area contributed by atoms with E-state index in [2.05, 4.69) is 6.92 Å². The van der Waals surface area contributed by atoms with Crippen molar-refractivity contribution in [2.24, 2.45) is 5.92 Å². The molecule has 0 saturated carbocycles. The Bertz CT molecular complexity index is 156. The zero-order chi connectivity index (χ0) is 8.97. The second kappa shape index (κ2) is 4.45. The Morgan fingerprint density at radius 2 is 2.42 bits per heavy atom. The predicted molar refractivity (Wildman–Crippen MR) is 44.8 cm³/mol. The molecule has 3 heteroatoms. The van der Waals surface area contributed by atoms with Gasteiger partial charge in [0.2, 0.25) is 0 Å². The van der Waals surface area contributed by atoms with E-state index in [1.54, 1.807) is 0 Å². The molecular formula is C9H16O3. The average molecular weight is 172 g/mol. The van der Waals surface area contributed by atoms with E-state index in [9.17, 15) is 4.79 Å². The Morgan fingerprint density at radius 1 is 1.67 bits per heavy atom. The molecule has 2 atom stereocenters. The van der Waals surface area contributed by atoms with Gasteiger partial charge in [-0.15, -0.1) is 0 Å². The van der Waals surface area contributed by atoms with Gasteiger partial charge in [0.15, 0.2) is 0 Å². The van der Waals surface area contributed by atoms with Crippen LogP contribution < -0.4 is 0 Å². The second-order valence-electron chi connectivity index (χ2n) is 3.18. The van der Waals surface area contributed by atoms with Crippen LogP contribution in [-0.2, 0) is 14.3 Å². The molecule has 0 aliphatic carbocycles. The summed E-state index contributed by atoms with van der Waals surface area (Å²) >= 11 is 0. The molecule has 1 rings (SSSR count). The quantitative estimate of drug-likeness (QED) is 0.603. The monoisotopic (exact) mass is 172 g/mol. The summed E-state index contributed by atoms with van der Waals surface area (Å²) in [6.07, 6.45) is 1.56. The minimum absolute atomic E-state index is 0.0871. The van der Waals surface area contributed by atoms with Crippen LogP contribution in [0.15, 0.2) is 0 Å². The normalized spacial score (nSPS) is 28.8. The summed E-state index contributed by atoms with van der Waals surface area (Å²) in [5.41, 5.74) is 0. The molecule has 1 saturated heterocycles. The van der Waals surface area contributed by atoms with Gasteiger partial charge in [0.25, 0.3) is 0 Å². The number of rotatable bonds is 3. The Balaban J connectivity index is 2.25. The highest BCUT2D eigenvalue weighted by molar-refractivity contribution is 5.70. The molecule has 12 heavy (non-hydrogen) atoms. The van der Waals surface area contributed by atoms with Crippen molar-refractivity contribution in [3.8, 4) is 0 Å². The molecule has 1 aliphatic heterocycles. The van der Waals surface area contributed by atoms with Crippen molar-refractivity contribution < 1.29 is 14.3 Å². The van der Waals surface area contributed by atoms with Crippen molar-refractivity contribution in [2.75, 3.05) is 13.2 Å². The van der Waals surface area contributed by atoms with Gasteiger partial charge in [-0.2, -0.15) is 0 Å². The van der Waals surface area contributed by atoms with Gasteiger partial charge >= 0.3 is 5.97 Å². The molecule has 0 unspecified atom stereocenters. The highest BCUT2D eigenvalue weighted by Crippen LogP contribution is 2.22. The van der Waals surface area contributed by atoms with Crippen LogP contribution >= 0.6 is 0 Å². The van der Waals surface area contributed by atoms with Gasteiger partial charge in [0.05, 0.1) is 19.1 Å². The lowest BCUT2D eigenvalue weighted by atomic mass is 10.0. The van der Waals surface area contributed by atoms with E-state index in [0.717, 1.165) is 13.0 Å². The lowest BCUT2D eigenvalue weighted by Gasteiger charge is -2.12. The third kappa shape index (κ3) is 2.48. The van der Waals surface area contributed by atoms with Crippen LogP contribution in [0, 0.1) is 5.92 Å². The summed E-state index contributed by atoms with van der Waals surface area (Å²) in [5, 5.41) is 0. The summed E-state index contributed by atoms with van der Waals surface area (Å²) in [7, 11) is 0.